The van der Waals surface area contributed by atoms with Gasteiger partial charge in [-0.15, -0.1) is 0 Å². The fourth-order valence-electron chi connectivity index (χ4n) is 4.71. The molecular weight excluding hydrogens is 440 g/mol. The average molecular weight is 475 g/mol. The molecule has 1 heterocycles. The number of likely N-dealkylation sites (tertiary alicyclic amines) is 1. The monoisotopic (exact) mass is 474 g/mol. The molecule has 0 bridgehead atoms. The van der Waals surface area contributed by atoms with E-state index in [2.05, 4.69) is 0 Å². The highest BCUT2D eigenvalue weighted by molar-refractivity contribution is 5.81. The third-order valence-electron chi connectivity index (χ3n) is 6.64. The highest BCUT2D eigenvalue weighted by Crippen LogP contribution is 2.41. The van der Waals surface area contributed by atoms with Crippen molar-refractivity contribution in [3.05, 3.63) is 95.6 Å². The van der Waals surface area contributed by atoms with Crippen molar-refractivity contribution in [1.82, 2.24) is 4.90 Å². The van der Waals surface area contributed by atoms with Crippen LogP contribution < -0.4 is 15.2 Å². The zero-order valence-electron chi connectivity index (χ0n) is 20.5. The van der Waals surface area contributed by atoms with E-state index in [9.17, 15) is 4.79 Å². The largest absolute Gasteiger partial charge is 0.497 e. The van der Waals surface area contributed by atoms with Crippen LogP contribution in [0.25, 0.3) is 0 Å². The van der Waals surface area contributed by atoms with Gasteiger partial charge in [-0.2, -0.15) is 0 Å². The fraction of sp³-hybridized carbons (Fsp3) is 0.345. The van der Waals surface area contributed by atoms with Gasteiger partial charge >= 0.3 is 0 Å². The molecule has 1 amide bonds. The van der Waals surface area contributed by atoms with Gasteiger partial charge in [0.15, 0.2) is 0 Å². The molecule has 2 N–H and O–H groups in total. The quantitative estimate of drug-likeness (QED) is 0.467. The molecule has 35 heavy (non-hydrogen) atoms. The van der Waals surface area contributed by atoms with Gasteiger partial charge in [0.25, 0.3) is 0 Å². The number of hydrogen-bond donors (Lipinski definition) is 1. The first-order valence-corrected chi connectivity index (χ1v) is 12.1. The molecule has 6 nitrogen and oxygen atoms in total. The van der Waals surface area contributed by atoms with Crippen molar-refractivity contribution in [1.29, 1.82) is 0 Å². The van der Waals surface area contributed by atoms with Crippen LogP contribution in [0.15, 0.2) is 78.9 Å². The number of amides is 1. The van der Waals surface area contributed by atoms with Crippen molar-refractivity contribution in [3.8, 4) is 11.5 Å². The second-order valence-corrected chi connectivity index (χ2v) is 8.81. The minimum absolute atomic E-state index is 0.0591. The van der Waals surface area contributed by atoms with Crippen LogP contribution in [0.3, 0.4) is 0 Å². The first-order valence-electron chi connectivity index (χ1n) is 12.1. The number of rotatable bonds is 9. The van der Waals surface area contributed by atoms with E-state index in [1.165, 1.54) is 0 Å². The summed E-state index contributed by atoms with van der Waals surface area (Å²) in [7, 11) is 3.29. The molecule has 1 unspecified atom stereocenters. The van der Waals surface area contributed by atoms with Crippen molar-refractivity contribution in [2.75, 3.05) is 33.9 Å². The van der Waals surface area contributed by atoms with Crippen molar-refractivity contribution < 1.29 is 19.0 Å². The van der Waals surface area contributed by atoms with Crippen LogP contribution in [0, 0.1) is 0 Å². The molecule has 0 aliphatic carbocycles. The Morgan fingerprint density at radius 2 is 1.29 bits per heavy atom. The summed E-state index contributed by atoms with van der Waals surface area (Å²) >= 11 is 0. The maximum absolute atomic E-state index is 13.1. The van der Waals surface area contributed by atoms with Crippen LogP contribution in [0.5, 0.6) is 11.5 Å². The molecule has 0 aromatic heterocycles. The number of methoxy groups -OCH3 is 2. The highest BCUT2D eigenvalue weighted by Gasteiger charge is 2.39. The van der Waals surface area contributed by atoms with Gasteiger partial charge < -0.3 is 24.8 Å². The van der Waals surface area contributed by atoms with Crippen LogP contribution in [-0.2, 0) is 15.1 Å². The molecule has 1 saturated heterocycles. The van der Waals surface area contributed by atoms with E-state index >= 15 is 0 Å². The molecule has 6 heteroatoms. The summed E-state index contributed by atoms with van der Waals surface area (Å²) in [6.07, 6.45) is 3.19. The topological polar surface area (TPSA) is 74.0 Å². The number of hydrogen-bond acceptors (Lipinski definition) is 5. The Morgan fingerprint density at radius 1 is 0.800 bits per heavy atom. The summed E-state index contributed by atoms with van der Waals surface area (Å²) in [6.45, 7) is 1.59. The van der Waals surface area contributed by atoms with Gasteiger partial charge in [0.05, 0.1) is 20.8 Å². The Labute approximate surface area is 207 Å². The Kier molecular flexibility index (Phi) is 8.06. The predicted octanol–water partition coefficient (Wildman–Crippen LogP) is 4.35. The predicted molar refractivity (Wildman–Crippen MR) is 137 cm³/mol. The number of ether oxygens (including phenoxy) is 3. The molecule has 3 aromatic carbocycles. The Morgan fingerprint density at radius 3 is 1.77 bits per heavy atom. The molecule has 0 spiro atoms. The SMILES string of the molecule is COc1ccc(C(OCC(N)C(=O)N2CCCCC2)(c2ccccc2)c2ccc(OC)cc2)cc1. The number of nitrogens with two attached hydrogens (primary N) is 1. The molecule has 184 valence electrons. The molecule has 1 atom stereocenters. The van der Waals surface area contributed by atoms with E-state index < -0.39 is 11.6 Å². The number of piperidine rings is 1. The third-order valence-corrected chi connectivity index (χ3v) is 6.64. The molecule has 3 aromatic rings. The minimum Gasteiger partial charge on any atom is -0.497 e. The van der Waals surface area contributed by atoms with Crippen molar-refractivity contribution in [2.24, 2.45) is 5.73 Å². The number of carbonyl (C=O) groups is 1. The molecule has 4 rings (SSSR count). The zero-order chi connectivity index (χ0) is 24.7. The van der Waals surface area contributed by atoms with E-state index in [1.807, 2.05) is 83.8 Å². The Hall–Kier alpha value is -3.35. The van der Waals surface area contributed by atoms with Crippen LogP contribution in [-0.4, -0.2) is 50.8 Å². The van der Waals surface area contributed by atoms with Crippen LogP contribution in [0.4, 0.5) is 0 Å². The summed E-state index contributed by atoms with van der Waals surface area (Å²) < 4.78 is 17.5. The molecule has 0 saturated carbocycles. The smallest absolute Gasteiger partial charge is 0.241 e. The lowest BCUT2D eigenvalue weighted by molar-refractivity contribution is -0.136. The summed E-state index contributed by atoms with van der Waals surface area (Å²) in [5.74, 6) is 1.45. The lowest BCUT2D eigenvalue weighted by Crippen LogP contribution is -2.49. The molecule has 1 aliphatic heterocycles. The summed E-state index contributed by atoms with van der Waals surface area (Å²) in [5, 5.41) is 0. The second-order valence-electron chi connectivity index (χ2n) is 8.81. The fourth-order valence-corrected chi connectivity index (χ4v) is 4.71. The van der Waals surface area contributed by atoms with E-state index in [0.717, 1.165) is 60.5 Å². The van der Waals surface area contributed by atoms with E-state index in [-0.39, 0.29) is 12.5 Å². The van der Waals surface area contributed by atoms with Crippen molar-refractivity contribution in [2.45, 2.75) is 30.9 Å². The van der Waals surface area contributed by atoms with Gasteiger partial charge in [0, 0.05) is 13.1 Å². The lowest BCUT2D eigenvalue weighted by atomic mass is 9.80. The number of benzene rings is 3. The summed E-state index contributed by atoms with van der Waals surface area (Å²) in [6, 6.07) is 24.9. The third kappa shape index (κ3) is 5.34. The summed E-state index contributed by atoms with van der Waals surface area (Å²) in [5.41, 5.74) is 8.20. The molecule has 1 aliphatic rings. The lowest BCUT2D eigenvalue weighted by Gasteiger charge is -2.37. The summed E-state index contributed by atoms with van der Waals surface area (Å²) in [4.78, 5) is 14.9. The van der Waals surface area contributed by atoms with Gasteiger partial charge in [0.2, 0.25) is 5.91 Å². The Bertz CT molecular complexity index is 1030. The first kappa shape index (κ1) is 24.8. The van der Waals surface area contributed by atoms with Gasteiger partial charge in [-0.1, -0.05) is 54.6 Å². The second kappa shape index (κ2) is 11.4. The van der Waals surface area contributed by atoms with Crippen molar-refractivity contribution in [3.63, 3.8) is 0 Å². The van der Waals surface area contributed by atoms with Gasteiger partial charge in [-0.25, -0.2) is 0 Å². The maximum Gasteiger partial charge on any atom is 0.241 e. The molecular formula is C29H34N2O4. The maximum atomic E-state index is 13.1. The van der Waals surface area contributed by atoms with Crippen LogP contribution in [0.1, 0.15) is 36.0 Å². The van der Waals surface area contributed by atoms with E-state index in [4.69, 9.17) is 19.9 Å². The number of carbonyl (C=O) groups excluding carboxylic acids is 1. The first-order chi connectivity index (χ1) is 17.1. The van der Waals surface area contributed by atoms with Crippen molar-refractivity contribution >= 4 is 5.91 Å². The minimum atomic E-state index is -0.987. The normalized spacial score (nSPS) is 14.9. The van der Waals surface area contributed by atoms with Crippen LogP contribution in [0.2, 0.25) is 0 Å². The van der Waals surface area contributed by atoms with Crippen LogP contribution >= 0.6 is 0 Å². The van der Waals surface area contributed by atoms with Gasteiger partial charge in [-0.05, 0) is 60.2 Å². The Balaban J connectivity index is 1.76. The highest BCUT2D eigenvalue weighted by atomic mass is 16.5. The molecule has 1 fully saturated rings. The zero-order valence-corrected chi connectivity index (χ0v) is 20.5. The van der Waals surface area contributed by atoms with E-state index in [1.54, 1.807) is 14.2 Å². The van der Waals surface area contributed by atoms with Gasteiger partial charge in [0.1, 0.15) is 23.1 Å². The number of nitrogens with zero attached hydrogens (tertiary/aromatic N) is 1. The average Bonchev–Trinajstić information content (AvgIpc) is 2.94. The standard InChI is InChI=1S/C29H34N2O4/c1-33-25-15-11-23(12-16-25)29(22-9-5-3-6-10-22,24-13-17-26(34-2)18-14-24)35-21-27(30)28(32)31-19-7-4-8-20-31/h3,5-6,9-18,27H,4,7-8,19-21,30H2,1-2H3. The van der Waals surface area contributed by atoms with E-state index in [0.29, 0.717) is 0 Å². The molecule has 0 radical (unpaired) electrons. The van der Waals surface area contributed by atoms with Gasteiger partial charge in [-0.3, -0.25) is 4.79 Å².